The minimum Gasteiger partial charge on any atom is -0.489 e. The lowest BCUT2D eigenvalue weighted by Gasteiger charge is -2.12. The Bertz CT molecular complexity index is 907. The molecular weight excluding hydrogens is 336 g/mol. The predicted octanol–water partition coefficient (Wildman–Crippen LogP) is 4.93. The van der Waals surface area contributed by atoms with Gasteiger partial charge in [-0.15, -0.1) is 0 Å². The fraction of sp³-hybridized carbons (Fsp3) is 0.174. The van der Waals surface area contributed by atoms with E-state index < -0.39 is 0 Å². The van der Waals surface area contributed by atoms with Crippen molar-refractivity contribution < 1.29 is 9.53 Å². The monoisotopic (exact) mass is 360 g/mol. The summed E-state index contributed by atoms with van der Waals surface area (Å²) in [7, 11) is 0. The third-order valence-electron chi connectivity index (χ3n) is 4.20. The van der Waals surface area contributed by atoms with Gasteiger partial charge in [-0.2, -0.15) is 0 Å². The van der Waals surface area contributed by atoms with Crippen LogP contribution in [0.5, 0.6) is 5.75 Å². The van der Waals surface area contributed by atoms with Crippen LogP contribution in [-0.2, 0) is 11.4 Å². The number of nitrogens with one attached hydrogen (secondary N) is 2. The number of aryl methyl sites for hydroxylation is 2. The summed E-state index contributed by atoms with van der Waals surface area (Å²) in [6, 6.07) is 23.7. The third kappa shape index (κ3) is 5.61. The number of carbonyl (C=O) groups excluding carboxylic acids is 1. The summed E-state index contributed by atoms with van der Waals surface area (Å²) in [5.41, 5.74) is 4.97. The van der Waals surface area contributed by atoms with Crippen LogP contribution < -0.4 is 15.4 Å². The lowest BCUT2D eigenvalue weighted by atomic mass is 10.1. The number of ether oxygens (including phenoxy) is 1. The molecule has 0 saturated heterocycles. The van der Waals surface area contributed by atoms with Gasteiger partial charge in [-0.05, 0) is 48.7 Å². The standard InChI is InChI=1S/C23H24N2O2/c1-17-11-12-18(2)22(13-17)25-23(26)15-24-20-9-6-10-21(14-20)27-16-19-7-4-3-5-8-19/h3-14,24H,15-16H2,1-2H3,(H,25,26). The second-order valence-corrected chi connectivity index (χ2v) is 6.52. The smallest absolute Gasteiger partial charge is 0.243 e. The van der Waals surface area contributed by atoms with Gasteiger partial charge in [0.25, 0.3) is 0 Å². The molecule has 1 amide bonds. The first kappa shape index (κ1) is 18.5. The number of carbonyl (C=O) groups is 1. The molecular formula is C23H24N2O2. The minimum absolute atomic E-state index is 0.0840. The minimum atomic E-state index is -0.0840. The van der Waals surface area contributed by atoms with Gasteiger partial charge in [0.1, 0.15) is 12.4 Å². The highest BCUT2D eigenvalue weighted by molar-refractivity contribution is 5.94. The van der Waals surface area contributed by atoms with Gasteiger partial charge < -0.3 is 15.4 Å². The van der Waals surface area contributed by atoms with E-state index in [2.05, 4.69) is 10.6 Å². The Morgan fingerprint density at radius 1 is 0.926 bits per heavy atom. The molecule has 3 rings (SSSR count). The van der Waals surface area contributed by atoms with Gasteiger partial charge >= 0.3 is 0 Å². The van der Waals surface area contributed by atoms with E-state index in [0.29, 0.717) is 6.61 Å². The number of rotatable bonds is 7. The molecule has 0 atom stereocenters. The van der Waals surface area contributed by atoms with Gasteiger partial charge in [0.2, 0.25) is 5.91 Å². The van der Waals surface area contributed by atoms with Gasteiger partial charge in [0, 0.05) is 17.4 Å². The van der Waals surface area contributed by atoms with Crippen LogP contribution >= 0.6 is 0 Å². The highest BCUT2D eigenvalue weighted by Crippen LogP contribution is 2.19. The third-order valence-corrected chi connectivity index (χ3v) is 4.20. The Hall–Kier alpha value is -3.27. The molecule has 2 N–H and O–H groups in total. The molecule has 4 heteroatoms. The summed E-state index contributed by atoms with van der Waals surface area (Å²) in [5.74, 6) is 0.679. The normalized spacial score (nSPS) is 10.3. The van der Waals surface area contributed by atoms with Crippen LogP contribution in [0.3, 0.4) is 0 Å². The largest absolute Gasteiger partial charge is 0.489 e. The van der Waals surface area contributed by atoms with Crippen LogP contribution in [0.25, 0.3) is 0 Å². The van der Waals surface area contributed by atoms with Gasteiger partial charge in [0.05, 0.1) is 6.54 Å². The molecule has 0 saturated carbocycles. The van der Waals surface area contributed by atoms with Gasteiger partial charge in [-0.3, -0.25) is 4.79 Å². The van der Waals surface area contributed by atoms with E-state index in [-0.39, 0.29) is 12.5 Å². The van der Waals surface area contributed by atoms with Crippen molar-refractivity contribution >= 4 is 17.3 Å². The summed E-state index contributed by atoms with van der Waals surface area (Å²) < 4.78 is 5.82. The Labute approximate surface area is 160 Å². The molecule has 0 fully saturated rings. The molecule has 4 nitrogen and oxygen atoms in total. The van der Waals surface area contributed by atoms with Crippen LogP contribution in [0, 0.1) is 13.8 Å². The fourth-order valence-corrected chi connectivity index (χ4v) is 2.68. The maximum atomic E-state index is 12.2. The topological polar surface area (TPSA) is 50.4 Å². The molecule has 0 heterocycles. The van der Waals surface area contributed by atoms with Crippen LogP contribution in [0.2, 0.25) is 0 Å². The molecule has 0 unspecified atom stereocenters. The average molecular weight is 360 g/mol. The van der Waals surface area contributed by atoms with Gasteiger partial charge in [-0.1, -0.05) is 48.5 Å². The number of benzene rings is 3. The summed E-state index contributed by atoms with van der Waals surface area (Å²) in [6.45, 7) is 4.69. The molecule has 0 aromatic heterocycles. The van der Waals surface area contributed by atoms with E-state index in [1.165, 1.54) is 0 Å². The molecule has 0 spiro atoms. The van der Waals surface area contributed by atoms with E-state index >= 15 is 0 Å². The van der Waals surface area contributed by atoms with Crippen molar-refractivity contribution in [3.8, 4) is 5.75 Å². The molecule has 0 aliphatic rings. The first-order valence-electron chi connectivity index (χ1n) is 8.98. The highest BCUT2D eigenvalue weighted by Gasteiger charge is 2.06. The maximum Gasteiger partial charge on any atom is 0.243 e. The first-order chi connectivity index (χ1) is 13.1. The van der Waals surface area contributed by atoms with Crippen molar-refractivity contribution in [2.75, 3.05) is 17.2 Å². The Kier molecular flexibility index (Phi) is 6.10. The lowest BCUT2D eigenvalue weighted by molar-refractivity contribution is -0.114. The fourth-order valence-electron chi connectivity index (χ4n) is 2.68. The van der Waals surface area contributed by atoms with Crippen LogP contribution in [0.15, 0.2) is 72.8 Å². The van der Waals surface area contributed by atoms with Crippen molar-refractivity contribution in [2.24, 2.45) is 0 Å². The molecule has 3 aromatic rings. The van der Waals surface area contributed by atoms with Crippen molar-refractivity contribution in [3.05, 3.63) is 89.5 Å². The molecule has 0 aliphatic heterocycles. The predicted molar refractivity (Wildman–Crippen MR) is 110 cm³/mol. The van der Waals surface area contributed by atoms with Gasteiger partial charge in [0.15, 0.2) is 0 Å². The van der Waals surface area contributed by atoms with E-state index in [4.69, 9.17) is 4.74 Å². The molecule has 138 valence electrons. The summed E-state index contributed by atoms with van der Waals surface area (Å²) >= 11 is 0. The van der Waals surface area contributed by atoms with Crippen molar-refractivity contribution in [3.63, 3.8) is 0 Å². The average Bonchev–Trinajstić information content (AvgIpc) is 2.69. The summed E-state index contributed by atoms with van der Waals surface area (Å²) in [5, 5.41) is 6.10. The summed E-state index contributed by atoms with van der Waals surface area (Å²) in [4.78, 5) is 12.2. The molecule has 0 aliphatic carbocycles. The SMILES string of the molecule is Cc1ccc(C)c(NC(=O)CNc2cccc(OCc3ccccc3)c2)c1. The molecule has 3 aromatic carbocycles. The van der Waals surface area contributed by atoms with Crippen LogP contribution in [-0.4, -0.2) is 12.5 Å². The van der Waals surface area contributed by atoms with Crippen molar-refractivity contribution in [2.45, 2.75) is 20.5 Å². The van der Waals surface area contributed by atoms with Gasteiger partial charge in [-0.25, -0.2) is 0 Å². The molecule has 0 radical (unpaired) electrons. The Morgan fingerprint density at radius 2 is 1.74 bits per heavy atom. The second kappa shape index (κ2) is 8.90. The maximum absolute atomic E-state index is 12.2. The van der Waals surface area contributed by atoms with E-state index in [9.17, 15) is 4.79 Å². The zero-order valence-corrected chi connectivity index (χ0v) is 15.7. The molecule has 0 bridgehead atoms. The number of hydrogen-bond donors (Lipinski definition) is 2. The van der Waals surface area contributed by atoms with Crippen molar-refractivity contribution in [1.29, 1.82) is 0 Å². The Morgan fingerprint density at radius 3 is 2.56 bits per heavy atom. The second-order valence-electron chi connectivity index (χ2n) is 6.52. The zero-order chi connectivity index (χ0) is 19.1. The van der Waals surface area contributed by atoms with E-state index in [1.54, 1.807) is 0 Å². The first-order valence-corrected chi connectivity index (χ1v) is 8.98. The van der Waals surface area contributed by atoms with E-state index in [1.807, 2.05) is 86.6 Å². The van der Waals surface area contributed by atoms with Crippen LogP contribution in [0.4, 0.5) is 11.4 Å². The summed E-state index contributed by atoms with van der Waals surface area (Å²) in [6.07, 6.45) is 0. The van der Waals surface area contributed by atoms with Crippen LogP contribution in [0.1, 0.15) is 16.7 Å². The van der Waals surface area contributed by atoms with E-state index in [0.717, 1.165) is 33.8 Å². The number of anilines is 2. The molecule has 27 heavy (non-hydrogen) atoms. The highest BCUT2D eigenvalue weighted by atomic mass is 16.5. The zero-order valence-electron chi connectivity index (χ0n) is 15.7. The van der Waals surface area contributed by atoms with Crippen molar-refractivity contribution in [1.82, 2.24) is 0 Å². The number of amides is 1. The lowest BCUT2D eigenvalue weighted by Crippen LogP contribution is -2.22. The quantitative estimate of drug-likeness (QED) is 0.628. The number of hydrogen-bond acceptors (Lipinski definition) is 3. The Balaban J connectivity index is 1.53.